The molecule has 0 saturated carbocycles. The van der Waals surface area contributed by atoms with Gasteiger partial charge in [-0.2, -0.15) is 0 Å². The van der Waals surface area contributed by atoms with Crippen LogP contribution in [-0.4, -0.2) is 17.3 Å². The van der Waals surface area contributed by atoms with Crippen LogP contribution < -0.4 is 5.73 Å². The quantitative estimate of drug-likeness (QED) is 0.697. The van der Waals surface area contributed by atoms with Crippen molar-refractivity contribution in [1.29, 1.82) is 0 Å². The number of hydrogen-bond donors (Lipinski definition) is 1. The van der Waals surface area contributed by atoms with Crippen LogP contribution in [0.3, 0.4) is 0 Å². The molecule has 74 valence electrons. The van der Waals surface area contributed by atoms with Crippen LogP contribution in [0.5, 0.6) is 0 Å². The molecule has 0 radical (unpaired) electrons. The summed E-state index contributed by atoms with van der Waals surface area (Å²) < 4.78 is 0. The minimum atomic E-state index is -0.474. The molecule has 0 aromatic heterocycles. The predicted molar refractivity (Wildman–Crippen MR) is 57.0 cm³/mol. The Hall–Kier alpha value is -1.55. The minimum Gasteiger partial charge on any atom is -0.351 e. The molecule has 0 bridgehead atoms. The lowest BCUT2D eigenvalue weighted by molar-refractivity contribution is 0.229. The molecule has 0 spiro atoms. The van der Waals surface area contributed by atoms with Gasteiger partial charge in [0.15, 0.2) is 0 Å². The van der Waals surface area contributed by atoms with Crippen LogP contribution in [0, 0.1) is 0 Å². The number of nitrogens with zero attached hydrogens (tertiary/aromatic N) is 2. The number of urea groups is 1. The predicted octanol–water partition coefficient (Wildman–Crippen LogP) is 1.66. The number of hydrogen-bond acceptors (Lipinski definition) is 2. The molecule has 0 unspecified atom stereocenters. The number of primary amides is 1. The van der Waals surface area contributed by atoms with Gasteiger partial charge in [0.1, 0.15) is 0 Å². The van der Waals surface area contributed by atoms with E-state index in [1.165, 1.54) is 11.2 Å². The van der Waals surface area contributed by atoms with Crippen LogP contribution in [0.4, 0.5) is 10.5 Å². The van der Waals surface area contributed by atoms with Crippen LogP contribution in [0.15, 0.2) is 29.3 Å². The molecular weight excluding hydrogens is 202 g/mol. The first-order valence-electron chi connectivity index (χ1n) is 3.95. The second kappa shape index (κ2) is 4.11. The number of amides is 2. The van der Waals surface area contributed by atoms with Gasteiger partial charge in [0, 0.05) is 0 Å². The third kappa shape index (κ3) is 1.85. The SMILES string of the molecule is Cl.NC(=O)N1C=Nc2ccccc2C1. The number of fused-ring (bicyclic) bond motifs is 1. The molecule has 2 amide bonds. The largest absolute Gasteiger partial charge is 0.351 e. The molecule has 0 saturated heterocycles. The fourth-order valence-electron chi connectivity index (χ4n) is 1.26. The third-order valence-electron chi connectivity index (χ3n) is 1.95. The second-order valence-corrected chi connectivity index (χ2v) is 2.84. The van der Waals surface area contributed by atoms with Gasteiger partial charge in [0.2, 0.25) is 0 Å². The average molecular weight is 212 g/mol. The maximum Gasteiger partial charge on any atom is 0.320 e. The van der Waals surface area contributed by atoms with E-state index in [0.717, 1.165) is 11.3 Å². The van der Waals surface area contributed by atoms with Crippen LogP contribution >= 0.6 is 12.4 Å². The zero-order valence-corrected chi connectivity index (χ0v) is 8.20. The summed E-state index contributed by atoms with van der Waals surface area (Å²) >= 11 is 0. The third-order valence-corrected chi connectivity index (χ3v) is 1.95. The van der Waals surface area contributed by atoms with E-state index in [0.29, 0.717) is 6.54 Å². The number of nitrogens with two attached hydrogens (primary N) is 1. The van der Waals surface area contributed by atoms with Gasteiger partial charge in [-0.25, -0.2) is 9.79 Å². The molecule has 1 aromatic rings. The molecular formula is C9H10ClN3O. The lowest BCUT2D eigenvalue weighted by Gasteiger charge is -2.19. The van der Waals surface area contributed by atoms with Crippen LogP contribution in [0.2, 0.25) is 0 Å². The highest BCUT2D eigenvalue weighted by Gasteiger charge is 2.13. The molecule has 0 fully saturated rings. The van der Waals surface area contributed by atoms with Crippen molar-refractivity contribution in [3.63, 3.8) is 0 Å². The Labute approximate surface area is 87.8 Å². The summed E-state index contributed by atoms with van der Waals surface area (Å²) in [5.74, 6) is 0. The number of rotatable bonds is 0. The highest BCUT2D eigenvalue weighted by molar-refractivity contribution is 5.87. The van der Waals surface area contributed by atoms with Crippen molar-refractivity contribution < 1.29 is 4.79 Å². The zero-order chi connectivity index (χ0) is 9.26. The number of halogens is 1. The van der Waals surface area contributed by atoms with Crippen molar-refractivity contribution in [1.82, 2.24) is 4.90 Å². The van der Waals surface area contributed by atoms with Gasteiger partial charge in [0.05, 0.1) is 18.6 Å². The van der Waals surface area contributed by atoms with E-state index < -0.39 is 6.03 Å². The Kier molecular flexibility index (Phi) is 3.09. The maximum absolute atomic E-state index is 10.8. The Morgan fingerprint density at radius 1 is 1.43 bits per heavy atom. The van der Waals surface area contributed by atoms with E-state index >= 15 is 0 Å². The molecule has 2 rings (SSSR count). The number of benzene rings is 1. The Morgan fingerprint density at radius 2 is 2.14 bits per heavy atom. The summed E-state index contributed by atoms with van der Waals surface area (Å²) in [7, 11) is 0. The van der Waals surface area contributed by atoms with Crippen LogP contribution in [-0.2, 0) is 6.54 Å². The van der Waals surface area contributed by atoms with E-state index in [9.17, 15) is 4.79 Å². The van der Waals surface area contributed by atoms with Crippen molar-refractivity contribution in [3.05, 3.63) is 29.8 Å². The Bertz CT molecular complexity index is 378. The molecule has 2 N–H and O–H groups in total. The molecule has 14 heavy (non-hydrogen) atoms. The van der Waals surface area contributed by atoms with E-state index in [2.05, 4.69) is 4.99 Å². The first-order valence-corrected chi connectivity index (χ1v) is 3.95. The Morgan fingerprint density at radius 3 is 2.86 bits per heavy atom. The number of carbonyl (C=O) groups excluding carboxylic acids is 1. The monoisotopic (exact) mass is 211 g/mol. The molecule has 1 heterocycles. The standard InChI is InChI=1S/C9H9N3O.ClH/c10-9(13)12-5-7-3-1-2-4-8(7)11-6-12;/h1-4,6H,5H2,(H2,10,13);1H. The van der Waals surface area contributed by atoms with Crippen molar-refractivity contribution in [2.75, 3.05) is 0 Å². The topological polar surface area (TPSA) is 58.7 Å². The minimum absolute atomic E-state index is 0. The van der Waals surface area contributed by atoms with Crippen LogP contribution in [0.1, 0.15) is 5.56 Å². The lowest BCUT2D eigenvalue weighted by Crippen LogP contribution is -2.35. The highest BCUT2D eigenvalue weighted by atomic mass is 35.5. The molecule has 4 nitrogen and oxygen atoms in total. The van der Waals surface area contributed by atoms with Crippen molar-refractivity contribution in [3.8, 4) is 0 Å². The molecule has 0 atom stereocenters. The molecule has 5 heteroatoms. The van der Waals surface area contributed by atoms with E-state index in [-0.39, 0.29) is 12.4 Å². The summed E-state index contributed by atoms with van der Waals surface area (Å²) in [5.41, 5.74) is 7.04. The summed E-state index contributed by atoms with van der Waals surface area (Å²) in [6.07, 6.45) is 1.46. The maximum atomic E-state index is 10.8. The normalized spacial score (nSPS) is 13.0. The molecule has 1 aliphatic rings. The fourth-order valence-corrected chi connectivity index (χ4v) is 1.26. The van der Waals surface area contributed by atoms with Crippen molar-refractivity contribution >= 4 is 30.5 Å². The molecule has 1 aliphatic heterocycles. The highest BCUT2D eigenvalue weighted by Crippen LogP contribution is 2.22. The van der Waals surface area contributed by atoms with Crippen LogP contribution in [0.25, 0.3) is 0 Å². The summed E-state index contributed by atoms with van der Waals surface area (Å²) in [6.45, 7) is 0.509. The lowest BCUT2D eigenvalue weighted by atomic mass is 10.1. The van der Waals surface area contributed by atoms with Gasteiger partial charge in [-0.3, -0.25) is 4.90 Å². The number of aliphatic imine (C=N–C) groups is 1. The average Bonchev–Trinajstić information content (AvgIpc) is 2.17. The van der Waals surface area contributed by atoms with Crippen molar-refractivity contribution in [2.24, 2.45) is 10.7 Å². The molecule has 1 aromatic carbocycles. The molecule has 0 aliphatic carbocycles. The van der Waals surface area contributed by atoms with Crippen molar-refractivity contribution in [2.45, 2.75) is 6.54 Å². The second-order valence-electron chi connectivity index (χ2n) is 2.84. The van der Waals surface area contributed by atoms with Gasteiger partial charge < -0.3 is 5.73 Å². The summed E-state index contributed by atoms with van der Waals surface area (Å²) in [6, 6.07) is 7.19. The van der Waals surface area contributed by atoms with E-state index in [1.54, 1.807) is 0 Å². The first kappa shape index (κ1) is 10.5. The smallest absolute Gasteiger partial charge is 0.320 e. The fraction of sp³-hybridized carbons (Fsp3) is 0.111. The zero-order valence-electron chi connectivity index (χ0n) is 7.38. The van der Waals surface area contributed by atoms with Gasteiger partial charge >= 0.3 is 6.03 Å². The first-order chi connectivity index (χ1) is 6.27. The summed E-state index contributed by atoms with van der Waals surface area (Å²) in [4.78, 5) is 16.3. The van der Waals surface area contributed by atoms with Gasteiger partial charge in [-0.1, -0.05) is 18.2 Å². The number of carbonyl (C=O) groups is 1. The Balaban J connectivity index is 0.000000980. The summed E-state index contributed by atoms with van der Waals surface area (Å²) in [5, 5.41) is 0. The van der Waals surface area contributed by atoms with Gasteiger partial charge in [-0.05, 0) is 11.6 Å². The van der Waals surface area contributed by atoms with E-state index in [4.69, 9.17) is 5.73 Å². The van der Waals surface area contributed by atoms with E-state index in [1.807, 2.05) is 24.3 Å². The van der Waals surface area contributed by atoms with Gasteiger partial charge in [-0.15, -0.1) is 12.4 Å². The van der Waals surface area contributed by atoms with Gasteiger partial charge in [0.25, 0.3) is 0 Å². The number of para-hydroxylation sites is 1.